The van der Waals surface area contributed by atoms with E-state index in [0.717, 1.165) is 17.3 Å². The van der Waals surface area contributed by atoms with Crippen molar-refractivity contribution in [2.75, 3.05) is 0 Å². The minimum atomic E-state index is 0.146. The molecule has 1 heterocycles. The number of hydrogen-bond acceptors (Lipinski definition) is 2. The highest BCUT2D eigenvalue weighted by molar-refractivity contribution is 6.08. The first-order valence-electron chi connectivity index (χ1n) is 7.34. The summed E-state index contributed by atoms with van der Waals surface area (Å²) in [5, 5.41) is 9.84. The van der Waals surface area contributed by atoms with Crippen LogP contribution >= 0.6 is 0 Å². The number of benzene rings is 1. The number of aromatic nitrogens is 1. The fraction of sp³-hybridized carbons (Fsp3) is 0.444. The van der Waals surface area contributed by atoms with Gasteiger partial charge in [-0.25, -0.2) is 0 Å². The van der Waals surface area contributed by atoms with Crippen molar-refractivity contribution in [2.45, 2.75) is 40.5 Å². The van der Waals surface area contributed by atoms with E-state index in [1.807, 2.05) is 6.07 Å². The van der Waals surface area contributed by atoms with Crippen molar-refractivity contribution in [3.63, 3.8) is 0 Å². The minimum Gasteiger partial charge on any atom is -0.360 e. The maximum atomic E-state index is 12.5. The predicted octanol–water partition coefficient (Wildman–Crippen LogP) is 4.68. The number of hydrogen-bond donors (Lipinski definition) is 1. The Kier molecular flexibility index (Phi) is 4.18. The largest absolute Gasteiger partial charge is 0.360 e. The van der Waals surface area contributed by atoms with Crippen LogP contribution in [0, 0.1) is 22.7 Å². The summed E-state index contributed by atoms with van der Waals surface area (Å²) in [7, 11) is 0. The van der Waals surface area contributed by atoms with Crippen LogP contribution in [0.2, 0.25) is 0 Å². The second kappa shape index (κ2) is 5.73. The molecule has 2 rings (SSSR count). The fourth-order valence-corrected chi connectivity index (χ4v) is 2.96. The summed E-state index contributed by atoms with van der Waals surface area (Å²) in [6, 6.07) is 7.52. The number of Topliss-reactive ketones (excluding diaryl/α,β-unsaturated/α-hetero) is 1. The number of carbonyl (C=O) groups excluding carboxylic acids is 1. The van der Waals surface area contributed by atoms with E-state index >= 15 is 0 Å². The molecule has 0 bridgehead atoms. The molecule has 1 aromatic carbocycles. The summed E-state index contributed by atoms with van der Waals surface area (Å²) in [5.74, 6) is 0.495. The first-order chi connectivity index (χ1) is 9.80. The molecule has 1 aromatic heterocycles. The van der Waals surface area contributed by atoms with Gasteiger partial charge in [-0.3, -0.25) is 4.79 Å². The predicted molar refractivity (Wildman–Crippen MR) is 85.2 cm³/mol. The molecular weight excluding hydrogens is 260 g/mol. The minimum absolute atomic E-state index is 0.146. The number of nitriles is 1. The summed E-state index contributed by atoms with van der Waals surface area (Å²) in [4.78, 5) is 15.6. The second-order valence-electron chi connectivity index (χ2n) is 7.07. The fourth-order valence-electron chi connectivity index (χ4n) is 2.96. The van der Waals surface area contributed by atoms with E-state index in [9.17, 15) is 4.79 Å². The smallest absolute Gasteiger partial charge is 0.165 e. The Hall–Kier alpha value is -2.08. The van der Waals surface area contributed by atoms with Crippen LogP contribution in [-0.2, 0) is 0 Å². The molecule has 0 aliphatic carbocycles. The van der Waals surface area contributed by atoms with Crippen LogP contribution in [0.15, 0.2) is 24.4 Å². The molecule has 0 saturated heterocycles. The molecule has 0 fully saturated rings. The Labute approximate surface area is 126 Å². The van der Waals surface area contributed by atoms with Crippen molar-refractivity contribution in [3.05, 3.63) is 35.5 Å². The van der Waals surface area contributed by atoms with Gasteiger partial charge in [0.1, 0.15) is 0 Å². The number of fused-ring (bicyclic) bond motifs is 1. The average molecular weight is 282 g/mol. The Morgan fingerprint density at radius 3 is 2.71 bits per heavy atom. The van der Waals surface area contributed by atoms with Crippen LogP contribution in [0.1, 0.15) is 56.5 Å². The summed E-state index contributed by atoms with van der Waals surface area (Å²) in [6.45, 7) is 8.70. The number of nitrogens with zero attached hydrogens (tertiary/aromatic N) is 1. The Morgan fingerprint density at radius 1 is 1.38 bits per heavy atom. The zero-order valence-corrected chi connectivity index (χ0v) is 13.2. The number of aromatic amines is 1. The van der Waals surface area contributed by atoms with Crippen molar-refractivity contribution in [1.82, 2.24) is 4.98 Å². The third-order valence-electron chi connectivity index (χ3n) is 3.61. The molecule has 0 saturated carbocycles. The van der Waals surface area contributed by atoms with E-state index < -0.39 is 0 Å². The van der Waals surface area contributed by atoms with E-state index in [4.69, 9.17) is 5.26 Å². The summed E-state index contributed by atoms with van der Waals surface area (Å²) >= 11 is 0. The highest BCUT2D eigenvalue weighted by Crippen LogP contribution is 2.28. The second-order valence-corrected chi connectivity index (χ2v) is 7.07. The van der Waals surface area contributed by atoms with E-state index in [2.05, 4.69) is 38.7 Å². The van der Waals surface area contributed by atoms with Gasteiger partial charge in [-0.15, -0.1) is 0 Å². The van der Waals surface area contributed by atoms with Gasteiger partial charge >= 0.3 is 0 Å². The van der Waals surface area contributed by atoms with Crippen molar-refractivity contribution >= 4 is 16.7 Å². The first kappa shape index (κ1) is 15.3. The topological polar surface area (TPSA) is 56.6 Å². The number of nitrogens with one attached hydrogen (secondary N) is 1. The van der Waals surface area contributed by atoms with Crippen LogP contribution in [0.4, 0.5) is 0 Å². The lowest BCUT2D eigenvalue weighted by atomic mass is 9.83. The van der Waals surface area contributed by atoms with Gasteiger partial charge in [0.05, 0.1) is 11.6 Å². The highest BCUT2D eigenvalue weighted by Gasteiger charge is 2.20. The number of rotatable bonds is 4. The number of ketones is 1. The third-order valence-corrected chi connectivity index (χ3v) is 3.61. The van der Waals surface area contributed by atoms with Gasteiger partial charge in [0.15, 0.2) is 5.78 Å². The van der Waals surface area contributed by atoms with Gasteiger partial charge in [-0.05, 0) is 36.0 Å². The highest BCUT2D eigenvalue weighted by atomic mass is 16.1. The molecular formula is C18H22N2O. The van der Waals surface area contributed by atoms with E-state index in [1.54, 1.807) is 18.3 Å². The molecule has 0 amide bonds. The molecule has 0 radical (unpaired) electrons. The summed E-state index contributed by atoms with van der Waals surface area (Å²) in [6.07, 6.45) is 3.32. The molecule has 1 atom stereocenters. The third kappa shape index (κ3) is 3.72. The maximum absolute atomic E-state index is 12.5. The van der Waals surface area contributed by atoms with Gasteiger partial charge in [0, 0.05) is 29.1 Å². The standard InChI is InChI=1S/C18H22N2O/c1-12(9-18(2,3)4)7-17(21)15-11-20-16-6-5-13(10-19)8-14(15)16/h5-6,8,11-12,20H,7,9H2,1-4H3. The summed E-state index contributed by atoms with van der Waals surface area (Å²) in [5.41, 5.74) is 2.41. The van der Waals surface area contributed by atoms with Gasteiger partial charge in [0.25, 0.3) is 0 Å². The van der Waals surface area contributed by atoms with Crippen LogP contribution in [0.25, 0.3) is 10.9 Å². The average Bonchev–Trinajstić information content (AvgIpc) is 2.78. The molecule has 110 valence electrons. The molecule has 0 aliphatic rings. The Morgan fingerprint density at radius 2 is 2.10 bits per heavy atom. The van der Waals surface area contributed by atoms with Crippen LogP contribution in [0.3, 0.4) is 0 Å². The van der Waals surface area contributed by atoms with Crippen molar-refractivity contribution < 1.29 is 4.79 Å². The Bertz CT molecular complexity index is 698. The molecule has 3 heteroatoms. The Balaban J connectivity index is 2.22. The van der Waals surface area contributed by atoms with Gasteiger partial charge < -0.3 is 4.98 Å². The lowest BCUT2D eigenvalue weighted by Crippen LogP contribution is -2.14. The molecule has 0 spiro atoms. The van der Waals surface area contributed by atoms with Crippen molar-refractivity contribution in [3.8, 4) is 6.07 Å². The van der Waals surface area contributed by atoms with Crippen molar-refractivity contribution in [1.29, 1.82) is 5.26 Å². The van der Waals surface area contributed by atoms with Gasteiger partial charge in [-0.2, -0.15) is 5.26 Å². The van der Waals surface area contributed by atoms with Gasteiger partial charge in [-0.1, -0.05) is 27.7 Å². The van der Waals surface area contributed by atoms with Gasteiger partial charge in [0.2, 0.25) is 0 Å². The summed E-state index contributed by atoms with van der Waals surface area (Å²) < 4.78 is 0. The normalized spacial score (nSPS) is 13.1. The van der Waals surface area contributed by atoms with E-state index in [0.29, 0.717) is 23.5 Å². The SMILES string of the molecule is CC(CC(=O)c1c[nH]c2ccc(C#N)cc12)CC(C)(C)C. The lowest BCUT2D eigenvalue weighted by molar-refractivity contribution is 0.0956. The van der Waals surface area contributed by atoms with E-state index in [-0.39, 0.29) is 11.2 Å². The van der Waals surface area contributed by atoms with Crippen LogP contribution in [0.5, 0.6) is 0 Å². The monoisotopic (exact) mass is 282 g/mol. The van der Waals surface area contributed by atoms with E-state index in [1.165, 1.54) is 0 Å². The molecule has 1 unspecified atom stereocenters. The zero-order chi connectivity index (χ0) is 15.6. The zero-order valence-electron chi connectivity index (χ0n) is 13.2. The lowest BCUT2D eigenvalue weighted by Gasteiger charge is -2.22. The molecule has 1 N–H and O–H groups in total. The molecule has 0 aliphatic heterocycles. The maximum Gasteiger partial charge on any atom is 0.165 e. The molecule has 21 heavy (non-hydrogen) atoms. The number of H-pyrrole nitrogens is 1. The van der Waals surface area contributed by atoms with Crippen molar-refractivity contribution in [2.24, 2.45) is 11.3 Å². The molecule has 3 nitrogen and oxygen atoms in total. The molecule has 2 aromatic rings. The first-order valence-corrected chi connectivity index (χ1v) is 7.34. The quantitative estimate of drug-likeness (QED) is 0.827. The van der Waals surface area contributed by atoms with Crippen LogP contribution in [-0.4, -0.2) is 10.8 Å². The van der Waals surface area contributed by atoms with Crippen LogP contribution < -0.4 is 0 Å². The number of carbonyl (C=O) groups is 1.